The monoisotopic (exact) mass is 535 g/mol. The van der Waals surface area contributed by atoms with Crippen LogP contribution in [0.25, 0.3) is 0 Å². The number of anilines is 1. The maximum atomic E-state index is 14.2. The molecule has 2 unspecified atom stereocenters. The maximum Gasteiger partial charge on any atom is 0.416 e. The van der Waals surface area contributed by atoms with Gasteiger partial charge in [0.2, 0.25) is 0 Å². The number of rotatable bonds is 8. The van der Waals surface area contributed by atoms with Gasteiger partial charge in [-0.15, -0.1) is 0 Å². The van der Waals surface area contributed by atoms with Crippen molar-refractivity contribution >= 4 is 5.69 Å². The van der Waals surface area contributed by atoms with Gasteiger partial charge in [-0.2, -0.15) is 13.2 Å². The number of nitrogens with zero attached hydrogens (tertiary/aromatic N) is 2. The fraction of sp³-hybridized carbons (Fsp3) is 0.613. The van der Waals surface area contributed by atoms with Gasteiger partial charge in [-0.25, -0.2) is 4.39 Å². The summed E-state index contributed by atoms with van der Waals surface area (Å²) in [7, 11) is 0. The molecular formula is C31H45F4N3. The lowest BCUT2D eigenvalue weighted by Gasteiger charge is -2.53. The average Bonchev–Trinajstić information content (AvgIpc) is 2.91. The fourth-order valence-corrected chi connectivity index (χ4v) is 6.25. The lowest BCUT2D eigenvalue weighted by molar-refractivity contribution is -0.137. The topological polar surface area (TPSA) is 18.5 Å². The van der Waals surface area contributed by atoms with Gasteiger partial charge in [0.25, 0.3) is 0 Å². The normalized spacial score (nSPS) is 23.0. The molecule has 212 valence electrons. The van der Waals surface area contributed by atoms with Crippen LogP contribution in [0.4, 0.5) is 23.2 Å². The molecule has 2 aromatic rings. The van der Waals surface area contributed by atoms with Crippen LogP contribution in [-0.2, 0) is 12.7 Å². The number of halogens is 4. The van der Waals surface area contributed by atoms with E-state index >= 15 is 0 Å². The van der Waals surface area contributed by atoms with E-state index in [-0.39, 0.29) is 17.4 Å². The molecule has 1 N–H and O–H groups in total. The van der Waals surface area contributed by atoms with Gasteiger partial charge in [0, 0.05) is 44.0 Å². The Hall–Kier alpha value is -2.12. The minimum absolute atomic E-state index is 0.170. The summed E-state index contributed by atoms with van der Waals surface area (Å²) < 4.78 is 53.9. The lowest BCUT2D eigenvalue weighted by Crippen LogP contribution is -2.63. The van der Waals surface area contributed by atoms with Gasteiger partial charge in [-0.3, -0.25) is 4.90 Å². The Kier molecular flexibility index (Phi) is 11.0. The van der Waals surface area contributed by atoms with E-state index in [0.29, 0.717) is 18.2 Å². The number of nitrogens with one attached hydrogen (secondary N) is 1. The molecule has 0 aromatic heterocycles. The number of likely N-dealkylation sites (tertiary alicyclic amines) is 1. The van der Waals surface area contributed by atoms with Crippen LogP contribution in [0, 0.1) is 5.82 Å². The molecule has 1 aliphatic carbocycles. The zero-order valence-corrected chi connectivity index (χ0v) is 23.5. The van der Waals surface area contributed by atoms with Crippen molar-refractivity contribution in [3.63, 3.8) is 0 Å². The molecule has 2 fully saturated rings. The van der Waals surface area contributed by atoms with E-state index in [2.05, 4.69) is 29.0 Å². The summed E-state index contributed by atoms with van der Waals surface area (Å²) in [6, 6.07) is 13.2. The predicted molar refractivity (Wildman–Crippen MR) is 149 cm³/mol. The van der Waals surface area contributed by atoms with E-state index < -0.39 is 11.7 Å². The molecule has 2 aromatic carbocycles. The third-order valence-electron chi connectivity index (χ3n) is 8.14. The summed E-state index contributed by atoms with van der Waals surface area (Å²) in [5, 5.41) is 3.86. The number of hydrogen-bond acceptors (Lipinski definition) is 3. The molecule has 1 saturated carbocycles. The van der Waals surface area contributed by atoms with E-state index in [4.69, 9.17) is 0 Å². The van der Waals surface area contributed by atoms with E-state index in [1.165, 1.54) is 50.3 Å². The van der Waals surface area contributed by atoms with Gasteiger partial charge in [0.05, 0.1) is 11.1 Å². The number of piperidine rings is 1. The molecule has 2 atom stereocenters. The smallest absolute Gasteiger partial charge is 0.365 e. The van der Waals surface area contributed by atoms with Crippen LogP contribution in [0.5, 0.6) is 0 Å². The summed E-state index contributed by atoms with van der Waals surface area (Å²) >= 11 is 0. The third kappa shape index (κ3) is 7.72. The summed E-state index contributed by atoms with van der Waals surface area (Å²) in [4.78, 5) is 4.64. The number of benzene rings is 2. The highest BCUT2D eigenvalue weighted by molar-refractivity contribution is 5.50. The summed E-state index contributed by atoms with van der Waals surface area (Å²) in [6.45, 7) is 11.1. The van der Waals surface area contributed by atoms with Crippen LogP contribution in [0.1, 0.15) is 83.8 Å². The van der Waals surface area contributed by atoms with Crippen molar-refractivity contribution in [1.82, 2.24) is 10.2 Å². The molecule has 3 nitrogen and oxygen atoms in total. The van der Waals surface area contributed by atoms with Gasteiger partial charge in [-0.1, -0.05) is 57.4 Å². The zero-order chi connectivity index (χ0) is 27.8. The third-order valence-corrected chi connectivity index (χ3v) is 8.14. The van der Waals surface area contributed by atoms with Gasteiger partial charge < -0.3 is 10.2 Å². The summed E-state index contributed by atoms with van der Waals surface area (Å²) in [5.74, 6) is -0.239. The summed E-state index contributed by atoms with van der Waals surface area (Å²) in [5.41, 5.74) is 0.784. The van der Waals surface area contributed by atoms with E-state index in [1.54, 1.807) is 18.2 Å². The van der Waals surface area contributed by atoms with Crippen molar-refractivity contribution in [1.29, 1.82) is 0 Å². The molecule has 4 rings (SSSR count). The van der Waals surface area contributed by atoms with Crippen molar-refractivity contribution in [2.75, 3.05) is 24.5 Å². The van der Waals surface area contributed by atoms with Crippen LogP contribution in [0.15, 0.2) is 48.5 Å². The number of alkyl halides is 3. The molecule has 1 saturated heterocycles. The molecule has 2 aliphatic rings. The highest BCUT2D eigenvalue weighted by atomic mass is 19.4. The minimum Gasteiger partial charge on any atom is -0.365 e. The molecule has 38 heavy (non-hydrogen) atoms. The van der Waals surface area contributed by atoms with E-state index in [1.807, 2.05) is 19.9 Å². The second-order valence-corrected chi connectivity index (χ2v) is 10.6. The van der Waals surface area contributed by atoms with Gasteiger partial charge in [-0.05, 0) is 69.4 Å². The molecule has 0 amide bonds. The van der Waals surface area contributed by atoms with Crippen molar-refractivity contribution in [3.8, 4) is 0 Å². The summed E-state index contributed by atoms with van der Waals surface area (Å²) in [6.07, 6.45) is 3.58. The molecule has 0 bridgehead atoms. The van der Waals surface area contributed by atoms with Crippen molar-refractivity contribution in [2.24, 2.45) is 0 Å². The van der Waals surface area contributed by atoms with Crippen LogP contribution >= 0.6 is 0 Å². The molecule has 0 radical (unpaired) electrons. The Morgan fingerprint density at radius 1 is 1.03 bits per heavy atom. The Balaban J connectivity index is 0.00000195. The first-order valence-corrected chi connectivity index (χ1v) is 14.4. The number of hydrogen-bond donors (Lipinski definition) is 1. The maximum absolute atomic E-state index is 14.2. The van der Waals surface area contributed by atoms with Crippen molar-refractivity contribution in [3.05, 3.63) is 65.5 Å². The number of likely N-dealkylation sites (N-methyl/N-ethyl adjacent to an activating group) is 1. The Bertz CT molecular complexity index is 989. The van der Waals surface area contributed by atoms with Crippen LogP contribution in [0.3, 0.4) is 0 Å². The van der Waals surface area contributed by atoms with E-state index in [9.17, 15) is 17.6 Å². The van der Waals surface area contributed by atoms with Gasteiger partial charge in [0.15, 0.2) is 0 Å². The molecule has 1 heterocycles. The van der Waals surface area contributed by atoms with Gasteiger partial charge >= 0.3 is 6.18 Å². The molecule has 1 aliphatic heterocycles. The second-order valence-electron chi connectivity index (χ2n) is 10.6. The standard InChI is InChI=1S/C29H39F4N3.C2H6/c1-3-36(27-14-8-11-25(30)18-27)28(21-34-26-12-5-4-6-13-26)15-16-35(22(2)19-28)20-23-9-7-10-24(17-23)29(31,32)33;1-2/h7-11,14,17-18,22,26,34H,3-6,12-13,15-16,19-21H2,1-2H3;1-2H3. The molecule has 0 spiro atoms. The van der Waals surface area contributed by atoms with Crippen LogP contribution < -0.4 is 10.2 Å². The average molecular weight is 536 g/mol. The van der Waals surface area contributed by atoms with Crippen LogP contribution in [-0.4, -0.2) is 42.2 Å². The second kappa shape index (κ2) is 13.8. The van der Waals surface area contributed by atoms with Crippen LogP contribution in [0.2, 0.25) is 0 Å². The quantitative estimate of drug-likeness (QED) is 0.345. The lowest BCUT2D eigenvalue weighted by atomic mass is 9.80. The first-order chi connectivity index (χ1) is 18.2. The Morgan fingerprint density at radius 2 is 1.74 bits per heavy atom. The van der Waals surface area contributed by atoms with E-state index in [0.717, 1.165) is 44.2 Å². The highest BCUT2D eigenvalue weighted by Gasteiger charge is 2.43. The Labute approximate surface area is 226 Å². The van der Waals surface area contributed by atoms with Crippen molar-refractivity contribution < 1.29 is 17.6 Å². The Morgan fingerprint density at radius 3 is 2.37 bits per heavy atom. The van der Waals surface area contributed by atoms with Crippen molar-refractivity contribution in [2.45, 2.75) is 103 Å². The largest absolute Gasteiger partial charge is 0.416 e. The SMILES string of the molecule is CC.CCN(c1cccc(F)c1)C1(CNC2CCCCC2)CCN(Cc2cccc(C(F)(F)F)c2)C(C)C1. The highest BCUT2D eigenvalue weighted by Crippen LogP contribution is 2.37. The predicted octanol–water partition coefficient (Wildman–Crippen LogP) is 8.04. The van der Waals surface area contributed by atoms with Gasteiger partial charge in [0.1, 0.15) is 5.82 Å². The minimum atomic E-state index is -4.34. The molecule has 7 heteroatoms. The first kappa shape index (κ1) is 30.4. The zero-order valence-electron chi connectivity index (χ0n) is 23.5. The molecular weight excluding hydrogens is 490 g/mol. The first-order valence-electron chi connectivity index (χ1n) is 14.4. The fourth-order valence-electron chi connectivity index (χ4n) is 6.25.